The van der Waals surface area contributed by atoms with Crippen LogP contribution in [0.5, 0.6) is 0 Å². The number of amides is 3. The third kappa shape index (κ3) is 3.43. The molecule has 2 rings (SSSR count). The standard InChI is InChI=1S/C15H16N2O5/c1-8(2)12(13(18)17-15(16)20)22-14(19)11-7-9-5-3-4-6-10(9)21-11/h3-8,12H,1-2H3,(H3,16,17,18,20)/t12-/m0/s1. The number of urea groups is 1. The summed E-state index contributed by atoms with van der Waals surface area (Å²) in [6, 6.07) is 7.61. The molecule has 0 bridgehead atoms. The van der Waals surface area contributed by atoms with Gasteiger partial charge < -0.3 is 14.9 Å². The van der Waals surface area contributed by atoms with E-state index >= 15 is 0 Å². The van der Waals surface area contributed by atoms with Crippen molar-refractivity contribution in [1.29, 1.82) is 0 Å². The average Bonchev–Trinajstić information content (AvgIpc) is 2.87. The normalized spacial score (nSPS) is 12.1. The first-order valence-electron chi connectivity index (χ1n) is 6.68. The lowest BCUT2D eigenvalue weighted by molar-refractivity contribution is -0.131. The summed E-state index contributed by atoms with van der Waals surface area (Å²) in [5.74, 6) is -1.91. The summed E-state index contributed by atoms with van der Waals surface area (Å²) in [7, 11) is 0. The largest absolute Gasteiger partial charge is 0.449 e. The number of benzene rings is 1. The lowest BCUT2D eigenvalue weighted by Crippen LogP contribution is -2.45. The van der Waals surface area contributed by atoms with Gasteiger partial charge in [0.05, 0.1) is 0 Å². The summed E-state index contributed by atoms with van der Waals surface area (Å²) in [6.45, 7) is 3.36. The average molecular weight is 304 g/mol. The van der Waals surface area contributed by atoms with Crippen molar-refractivity contribution in [3.05, 3.63) is 36.1 Å². The molecule has 22 heavy (non-hydrogen) atoms. The number of furan rings is 1. The molecular weight excluding hydrogens is 288 g/mol. The van der Waals surface area contributed by atoms with Crippen LogP contribution in [-0.2, 0) is 9.53 Å². The van der Waals surface area contributed by atoms with Gasteiger partial charge in [0.1, 0.15) is 5.58 Å². The minimum absolute atomic E-state index is 0.0151. The van der Waals surface area contributed by atoms with Crippen LogP contribution in [0.3, 0.4) is 0 Å². The first-order chi connectivity index (χ1) is 10.4. The lowest BCUT2D eigenvalue weighted by atomic mass is 10.1. The van der Waals surface area contributed by atoms with Crippen molar-refractivity contribution in [3.8, 4) is 0 Å². The highest BCUT2D eigenvalue weighted by Gasteiger charge is 2.29. The molecule has 116 valence electrons. The predicted octanol–water partition coefficient (Wildman–Crippen LogP) is 1.81. The van der Waals surface area contributed by atoms with Crippen LogP contribution in [0.1, 0.15) is 24.4 Å². The van der Waals surface area contributed by atoms with Crippen LogP contribution in [0.4, 0.5) is 4.79 Å². The molecule has 7 nitrogen and oxygen atoms in total. The number of hydrogen-bond donors (Lipinski definition) is 2. The zero-order valence-electron chi connectivity index (χ0n) is 12.2. The Morgan fingerprint density at radius 2 is 1.91 bits per heavy atom. The predicted molar refractivity (Wildman–Crippen MR) is 78.0 cm³/mol. The molecule has 0 aliphatic heterocycles. The van der Waals surface area contributed by atoms with Gasteiger partial charge in [-0.15, -0.1) is 0 Å². The van der Waals surface area contributed by atoms with E-state index in [0.29, 0.717) is 5.58 Å². The molecule has 0 aliphatic carbocycles. The molecule has 1 aromatic carbocycles. The van der Waals surface area contributed by atoms with E-state index in [4.69, 9.17) is 14.9 Å². The van der Waals surface area contributed by atoms with Gasteiger partial charge in [0.25, 0.3) is 5.91 Å². The van der Waals surface area contributed by atoms with Crippen molar-refractivity contribution in [2.45, 2.75) is 20.0 Å². The second kappa shape index (κ2) is 6.30. The Kier molecular flexibility index (Phi) is 4.45. The maximum atomic E-state index is 12.1. The van der Waals surface area contributed by atoms with Gasteiger partial charge in [-0.2, -0.15) is 0 Å². The van der Waals surface area contributed by atoms with E-state index < -0.39 is 24.0 Å². The highest BCUT2D eigenvalue weighted by atomic mass is 16.6. The molecule has 0 spiro atoms. The smallest absolute Gasteiger partial charge is 0.375 e. The number of nitrogens with two attached hydrogens (primary N) is 1. The SMILES string of the molecule is CC(C)[C@H](OC(=O)c1cc2ccccc2o1)C(=O)NC(N)=O. The fraction of sp³-hybridized carbons (Fsp3) is 0.267. The van der Waals surface area contributed by atoms with E-state index in [2.05, 4.69) is 0 Å². The van der Waals surface area contributed by atoms with Crippen LogP contribution in [0.25, 0.3) is 11.0 Å². The Morgan fingerprint density at radius 1 is 1.23 bits per heavy atom. The molecule has 0 fully saturated rings. The summed E-state index contributed by atoms with van der Waals surface area (Å²) in [5, 5.41) is 2.65. The van der Waals surface area contributed by atoms with E-state index in [9.17, 15) is 14.4 Å². The fourth-order valence-corrected chi connectivity index (χ4v) is 1.94. The van der Waals surface area contributed by atoms with Gasteiger partial charge in [-0.1, -0.05) is 32.0 Å². The van der Waals surface area contributed by atoms with Gasteiger partial charge in [-0.05, 0) is 18.1 Å². The summed E-state index contributed by atoms with van der Waals surface area (Å²) >= 11 is 0. The highest BCUT2D eigenvalue weighted by Crippen LogP contribution is 2.20. The van der Waals surface area contributed by atoms with Crippen LogP contribution in [0.2, 0.25) is 0 Å². The van der Waals surface area contributed by atoms with Crippen molar-refractivity contribution in [1.82, 2.24) is 5.32 Å². The Hall–Kier alpha value is -2.83. The van der Waals surface area contributed by atoms with E-state index in [-0.39, 0.29) is 11.7 Å². The molecule has 3 N–H and O–H groups in total. The third-order valence-corrected chi connectivity index (χ3v) is 2.97. The number of ether oxygens (including phenoxy) is 1. The van der Waals surface area contributed by atoms with Gasteiger partial charge in [-0.25, -0.2) is 9.59 Å². The molecule has 1 aromatic heterocycles. The number of rotatable bonds is 4. The minimum Gasteiger partial charge on any atom is -0.449 e. The third-order valence-electron chi connectivity index (χ3n) is 2.97. The summed E-state index contributed by atoms with van der Waals surface area (Å²) < 4.78 is 10.5. The minimum atomic E-state index is -1.15. The van der Waals surface area contributed by atoms with Crippen LogP contribution in [0.15, 0.2) is 34.7 Å². The fourth-order valence-electron chi connectivity index (χ4n) is 1.94. The van der Waals surface area contributed by atoms with Crippen LogP contribution >= 0.6 is 0 Å². The van der Waals surface area contributed by atoms with Gasteiger partial charge >= 0.3 is 12.0 Å². The molecule has 1 atom stereocenters. The van der Waals surface area contributed by atoms with Crippen LogP contribution < -0.4 is 11.1 Å². The summed E-state index contributed by atoms with van der Waals surface area (Å²) in [6.07, 6.45) is -1.15. The Balaban J connectivity index is 2.17. The molecule has 2 aromatic rings. The van der Waals surface area contributed by atoms with Gasteiger partial charge in [-0.3, -0.25) is 10.1 Å². The zero-order chi connectivity index (χ0) is 16.3. The first kappa shape index (κ1) is 15.6. The molecular formula is C15H16N2O5. The number of carbonyl (C=O) groups excluding carboxylic acids is 3. The van der Waals surface area contributed by atoms with Crippen molar-refractivity contribution in [2.75, 3.05) is 0 Å². The Bertz CT molecular complexity index is 687. The second-order valence-electron chi connectivity index (χ2n) is 5.07. The Labute approximate surface area is 126 Å². The molecule has 0 radical (unpaired) electrons. The van der Waals surface area contributed by atoms with E-state index in [1.807, 2.05) is 11.4 Å². The number of nitrogens with one attached hydrogen (secondary N) is 1. The topological polar surface area (TPSA) is 112 Å². The van der Waals surface area contributed by atoms with Gasteiger partial charge in [0.2, 0.25) is 5.76 Å². The van der Waals surface area contributed by atoms with E-state index in [1.165, 1.54) is 6.07 Å². The Morgan fingerprint density at radius 3 is 2.50 bits per heavy atom. The lowest BCUT2D eigenvalue weighted by Gasteiger charge is -2.19. The van der Waals surface area contributed by atoms with Crippen molar-refractivity contribution in [3.63, 3.8) is 0 Å². The highest BCUT2D eigenvalue weighted by molar-refractivity contribution is 5.98. The van der Waals surface area contributed by atoms with Gasteiger partial charge in [0, 0.05) is 5.39 Å². The number of imide groups is 1. The van der Waals surface area contributed by atoms with Crippen molar-refractivity contribution in [2.24, 2.45) is 11.7 Å². The molecule has 7 heteroatoms. The number of carbonyl (C=O) groups is 3. The van der Waals surface area contributed by atoms with Crippen LogP contribution in [0, 0.1) is 5.92 Å². The molecule has 0 saturated carbocycles. The number of primary amides is 1. The number of para-hydroxylation sites is 1. The molecule has 0 unspecified atom stereocenters. The van der Waals surface area contributed by atoms with E-state index in [1.54, 1.807) is 32.0 Å². The molecule has 0 saturated heterocycles. The van der Waals surface area contributed by atoms with Crippen molar-refractivity contribution < 1.29 is 23.5 Å². The number of esters is 1. The maximum absolute atomic E-state index is 12.1. The number of hydrogen-bond acceptors (Lipinski definition) is 5. The monoisotopic (exact) mass is 304 g/mol. The first-order valence-corrected chi connectivity index (χ1v) is 6.68. The molecule has 1 heterocycles. The van der Waals surface area contributed by atoms with Crippen LogP contribution in [-0.4, -0.2) is 24.0 Å². The van der Waals surface area contributed by atoms with Crippen molar-refractivity contribution >= 4 is 28.9 Å². The second-order valence-corrected chi connectivity index (χ2v) is 5.07. The van der Waals surface area contributed by atoms with E-state index in [0.717, 1.165) is 5.39 Å². The molecule has 3 amide bonds. The summed E-state index contributed by atoms with van der Waals surface area (Å²) in [5.41, 5.74) is 5.43. The maximum Gasteiger partial charge on any atom is 0.375 e. The molecule has 0 aliphatic rings. The quantitative estimate of drug-likeness (QED) is 0.837. The zero-order valence-corrected chi connectivity index (χ0v) is 12.2. The van der Waals surface area contributed by atoms with Gasteiger partial charge in [0.15, 0.2) is 6.10 Å². The summed E-state index contributed by atoms with van der Waals surface area (Å²) in [4.78, 5) is 34.7. The number of fused-ring (bicyclic) bond motifs is 1.